The van der Waals surface area contributed by atoms with Gasteiger partial charge in [-0.3, -0.25) is 14.0 Å². The Morgan fingerprint density at radius 1 is 1.11 bits per heavy atom. The average Bonchev–Trinajstić information content (AvgIpc) is 3.20. The topological polar surface area (TPSA) is 107 Å². The normalized spacial score (nSPS) is 11.9. The van der Waals surface area contributed by atoms with E-state index in [0.717, 1.165) is 5.82 Å². The highest BCUT2D eigenvalue weighted by Gasteiger charge is 2.22. The number of Topliss-reactive ketones (excluding diaryl/α,β-unsaturated/α-hetero) is 1. The van der Waals surface area contributed by atoms with Crippen LogP contribution in [0.2, 0.25) is 0 Å². The van der Waals surface area contributed by atoms with Crippen molar-refractivity contribution in [1.29, 1.82) is 0 Å². The number of rotatable bonds is 5. The molecule has 1 amide bonds. The molecule has 3 aromatic rings. The lowest BCUT2D eigenvalue weighted by Crippen LogP contribution is -2.25. The average molecular weight is 369 g/mol. The first-order valence-corrected chi connectivity index (χ1v) is 8.74. The van der Waals surface area contributed by atoms with E-state index in [2.05, 4.69) is 25.8 Å². The molecule has 0 aliphatic heterocycles. The second-order valence-electron chi connectivity index (χ2n) is 7.79. The van der Waals surface area contributed by atoms with Crippen LogP contribution >= 0.6 is 0 Å². The minimum Gasteiger partial charge on any atom is -0.319 e. The molecule has 1 N–H and O–H groups in total. The highest BCUT2D eigenvalue weighted by atomic mass is 16.2. The summed E-state index contributed by atoms with van der Waals surface area (Å²) in [6, 6.07) is 3.53. The molecule has 0 spiro atoms. The first-order chi connectivity index (χ1) is 12.6. The molecular formula is C18H23N7O2. The summed E-state index contributed by atoms with van der Waals surface area (Å²) in [5.41, 5.74) is 0.971. The quantitative estimate of drug-likeness (QED) is 0.739. The van der Waals surface area contributed by atoms with Crippen LogP contribution in [0.3, 0.4) is 0 Å². The molecule has 142 valence electrons. The van der Waals surface area contributed by atoms with Gasteiger partial charge in [-0.25, -0.2) is 4.68 Å². The van der Waals surface area contributed by atoms with Crippen LogP contribution in [0.25, 0.3) is 5.65 Å². The number of ketones is 1. The Labute approximate surface area is 156 Å². The zero-order valence-corrected chi connectivity index (χ0v) is 16.1. The molecule has 27 heavy (non-hydrogen) atoms. The molecule has 3 rings (SSSR count). The zero-order valence-electron chi connectivity index (χ0n) is 16.1. The van der Waals surface area contributed by atoms with E-state index in [1.165, 1.54) is 10.9 Å². The Morgan fingerprint density at radius 2 is 1.85 bits per heavy atom. The summed E-state index contributed by atoms with van der Waals surface area (Å²) in [6.45, 7) is 9.65. The van der Waals surface area contributed by atoms with Crippen molar-refractivity contribution in [3.8, 4) is 0 Å². The van der Waals surface area contributed by atoms with E-state index in [0.29, 0.717) is 11.3 Å². The van der Waals surface area contributed by atoms with Crippen LogP contribution < -0.4 is 5.32 Å². The lowest BCUT2D eigenvalue weighted by atomic mass is 9.91. The standard InChI is InChI=1S/C18H23N7O2/c1-11(2)16-22-21-15-7-6-12(8-25(15)16)19-17(27)13-9-24(23-20-13)10-14(26)18(3,4)5/h6-9,11H,10H2,1-5H3,(H,19,27). The van der Waals surface area contributed by atoms with Gasteiger partial charge in [0.2, 0.25) is 0 Å². The first-order valence-electron chi connectivity index (χ1n) is 8.74. The number of nitrogens with one attached hydrogen (secondary N) is 1. The van der Waals surface area contributed by atoms with Crippen molar-refractivity contribution in [2.45, 2.75) is 47.1 Å². The number of pyridine rings is 1. The number of carbonyl (C=O) groups is 2. The number of hydrogen-bond acceptors (Lipinski definition) is 6. The maximum Gasteiger partial charge on any atom is 0.277 e. The molecule has 0 fully saturated rings. The summed E-state index contributed by atoms with van der Waals surface area (Å²) in [7, 11) is 0. The number of anilines is 1. The van der Waals surface area contributed by atoms with Crippen LogP contribution in [0, 0.1) is 5.41 Å². The molecule has 0 aromatic carbocycles. The molecule has 3 heterocycles. The Balaban J connectivity index is 1.75. The van der Waals surface area contributed by atoms with Gasteiger partial charge in [-0.2, -0.15) is 0 Å². The SMILES string of the molecule is CC(C)c1nnc2ccc(NC(=O)c3cn(CC(=O)C(C)(C)C)nn3)cn12. The highest BCUT2D eigenvalue weighted by Crippen LogP contribution is 2.18. The largest absolute Gasteiger partial charge is 0.319 e. The molecule has 0 atom stereocenters. The van der Waals surface area contributed by atoms with Crippen molar-refractivity contribution in [1.82, 2.24) is 29.6 Å². The van der Waals surface area contributed by atoms with E-state index in [-0.39, 0.29) is 23.9 Å². The Morgan fingerprint density at radius 3 is 2.52 bits per heavy atom. The lowest BCUT2D eigenvalue weighted by molar-refractivity contribution is -0.127. The molecule has 9 nitrogen and oxygen atoms in total. The number of amides is 1. The molecule has 9 heteroatoms. The van der Waals surface area contributed by atoms with Crippen molar-refractivity contribution in [2.24, 2.45) is 5.41 Å². The number of hydrogen-bond donors (Lipinski definition) is 1. The zero-order chi connectivity index (χ0) is 19.8. The van der Waals surface area contributed by atoms with E-state index in [4.69, 9.17) is 0 Å². The summed E-state index contributed by atoms with van der Waals surface area (Å²) in [4.78, 5) is 24.5. The Bertz CT molecular complexity index is 995. The maximum absolute atomic E-state index is 12.5. The van der Waals surface area contributed by atoms with Gasteiger partial charge in [-0.05, 0) is 12.1 Å². The molecule has 0 aliphatic rings. The maximum atomic E-state index is 12.5. The van der Waals surface area contributed by atoms with E-state index in [9.17, 15) is 9.59 Å². The molecule has 3 aromatic heterocycles. The van der Waals surface area contributed by atoms with Crippen molar-refractivity contribution < 1.29 is 9.59 Å². The van der Waals surface area contributed by atoms with Gasteiger partial charge in [0, 0.05) is 17.5 Å². The van der Waals surface area contributed by atoms with E-state index in [1.54, 1.807) is 18.3 Å². The Hall–Kier alpha value is -3.10. The number of fused-ring (bicyclic) bond motifs is 1. The molecule has 0 aliphatic carbocycles. The fourth-order valence-corrected chi connectivity index (χ4v) is 2.44. The minimum absolute atomic E-state index is 0.0126. The molecule has 0 radical (unpaired) electrons. The fraction of sp³-hybridized carbons (Fsp3) is 0.444. The predicted molar refractivity (Wildman–Crippen MR) is 99.5 cm³/mol. The molecule has 0 unspecified atom stereocenters. The predicted octanol–water partition coefficient (Wildman–Crippen LogP) is 2.31. The van der Waals surface area contributed by atoms with Crippen molar-refractivity contribution in [3.63, 3.8) is 0 Å². The third-order valence-corrected chi connectivity index (χ3v) is 4.12. The van der Waals surface area contributed by atoms with Crippen LogP contribution in [0.1, 0.15) is 56.8 Å². The van der Waals surface area contributed by atoms with Gasteiger partial charge in [0.15, 0.2) is 17.1 Å². The van der Waals surface area contributed by atoms with Crippen molar-refractivity contribution in [3.05, 3.63) is 36.0 Å². The summed E-state index contributed by atoms with van der Waals surface area (Å²) in [5.74, 6) is 0.626. The summed E-state index contributed by atoms with van der Waals surface area (Å²) >= 11 is 0. The van der Waals surface area contributed by atoms with Gasteiger partial charge in [0.25, 0.3) is 5.91 Å². The monoisotopic (exact) mass is 369 g/mol. The van der Waals surface area contributed by atoms with Crippen molar-refractivity contribution >= 4 is 23.0 Å². The van der Waals surface area contributed by atoms with Gasteiger partial charge in [-0.1, -0.05) is 39.8 Å². The second-order valence-corrected chi connectivity index (χ2v) is 7.79. The minimum atomic E-state index is -0.475. The van der Waals surface area contributed by atoms with Gasteiger partial charge in [0.05, 0.1) is 11.9 Å². The molecule has 0 saturated heterocycles. The molecule has 0 bridgehead atoms. The lowest BCUT2D eigenvalue weighted by Gasteiger charge is -2.15. The smallest absolute Gasteiger partial charge is 0.277 e. The van der Waals surface area contributed by atoms with Gasteiger partial charge >= 0.3 is 0 Å². The van der Waals surface area contributed by atoms with Crippen LogP contribution in [0.5, 0.6) is 0 Å². The Kier molecular flexibility index (Phi) is 4.77. The molecular weight excluding hydrogens is 346 g/mol. The third-order valence-electron chi connectivity index (χ3n) is 4.12. The van der Waals surface area contributed by atoms with E-state index >= 15 is 0 Å². The number of nitrogens with zero attached hydrogens (tertiary/aromatic N) is 6. The van der Waals surface area contributed by atoms with E-state index in [1.807, 2.05) is 39.0 Å². The summed E-state index contributed by atoms with van der Waals surface area (Å²) in [5, 5.41) is 18.8. The fourth-order valence-electron chi connectivity index (χ4n) is 2.44. The van der Waals surface area contributed by atoms with Crippen molar-refractivity contribution in [2.75, 3.05) is 5.32 Å². The molecule has 0 saturated carbocycles. The first kappa shape index (κ1) is 18.7. The van der Waals surface area contributed by atoms with Gasteiger partial charge in [0.1, 0.15) is 12.4 Å². The van der Waals surface area contributed by atoms with Crippen LogP contribution in [-0.2, 0) is 11.3 Å². The second kappa shape index (κ2) is 6.90. The summed E-state index contributed by atoms with van der Waals surface area (Å²) < 4.78 is 3.22. The summed E-state index contributed by atoms with van der Waals surface area (Å²) in [6.07, 6.45) is 3.24. The number of carbonyl (C=O) groups excluding carboxylic acids is 2. The van der Waals surface area contributed by atoms with E-state index < -0.39 is 11.3 Å². The number of aromatic nitrogens is 6. The highest BCUT2D eigenvalue weighted by molar-refractivity contribution is 6.02. The van der Waals surface area contributed by atoms with Crippen LogP contribution in [0.15, 0.2) is 24.5 Å². The van der Waals surface area contributed by atoms with Crippen LogP contribution in [0.4, 0.5) is 5.69 Å². The van der Waals surface area contributed by atoms with Gasteiger partial charge in [-0.15, -0.1) is 15.3 Å². The van der Waals surface area contributed by atoms with Crippen LogP contribution in [-0.4, -0.2) is 41.3 Å². The van der Waals surface area contributed by atoms with Gasteiger partial charge < -0.3 is 5.32 Å². The third kappa shape index (κ3) is 4.02.